The third-order valence-corrected chi connectivity index (χ3v) is 2.75. The van der Waals surface area contributed by atoms with Crippen molar-refractivity contribution in [3.63, 3.8) is 0 Å². The van der Waals surface area contributed by atoms with Crippen LogP contribution in [-0.2, 0) is 20.7 Å². The molecule has 0 aromatic heterocycles. The lowest BCUT2D eigenvalue weighted by molar-refractivity contribution is -0.153. The van der Waals surface area contributed by atoms with Gasteiger partial charge in [0, 0.05) is 12.3 Å². The number of carbonyl (C=O) groups excluding carboxylic acids is 2. The minimum atomic E-state index is -2.21. The molecule has 1 rings (SSSR count). The predicted molar refractivity (Wildman–Crippen MR) is 71.0 cm³/mol. The van der Waals surface area contributed by atoms with Crippen molar-refractivity contribution in [3.05, 3.63) is 35.9 Å². The molecular formula is C14H16ClFO3. The average molecular weight is 287 g/mol. The van der Waals surface area contributed by atoms with E-state index in [0.29, 0.717) is 24.3 Å². The van der Waals surface area contributed by atoms with Gasteiger partial charge < -0.3 is 4.74 Å². The summed E-state index contributed by atoms with van der Waals surface area (Å²) >= 11 is 5.45. The molecule has 0 radical (unpaired) electrons. The molecule has 0 aliphatic heterocycles. The Labute approximate surface area is 116 Å². The van der Waals surface area contributed by atoms with Crippen LogP contribution in [0.25, 0.3) is 0 Å². The number of carbonyl (C=O) groups is 2. The van der Waals surface area contributed by atoms with Gasteiger partial charge in [-0.15, -0.1) is 11.6 Å². The summed E-state index contributed by atoms with van der Waals surface area (Å²) in [7, 11) is 0. The third-order valence-electron chi connectivity index (χ3n) is 2.48. The Morgan fingerprint density at radius 3 is 2.53 bits per heavy atom. The molecule has 0 N–H and O–H groups in total. The maximum atomic E-state index is 13.5. The highest BCUT2D eigenvalue weighted by molar-refractivity contribution is 6.17. The van der Waals surface area contributed by atoms with Gasteiger partial charge >= 0.3 is 5.97 Å². The largest absolute Gasteiger partial charge is 0.463 e. The van der Waals surface area contributed by atoms with Gasteiger partial charge in [-0.25, -0.2) is 9.18 Å². The van der Waals surface area contributed by atoms with Crippen LogP contribution in [0.15, 0.2) is 30.3 Å². The number of rotatable bonds is 8. The maximum absolute atomic E-state index is 13.5. The van der Waals surface area contributed by atoms with E-state index in [0.717, 1.165) is 0 Å². The first-order chi connectivity index (χ1) is 9.15. The summed E-state index contributed by atoms with van der Waals surface area (Å²) in [5.41, 5.74) is 0.671. The second-order valence-electron chi connectivity index (χ2n) is 4.05. The molecule has 0 spiro atoms. The number of benzene rings is 1. The topological polar surface area (TPSA) is 43.4 Å². The maximum Gasteiger partial charge on any atom is 0.348 e. The van der Waals surface area contributed by atoms with Gasteiger partial charge in [0.15, 0.2) is 5.78 Å². The number of ketones is 1. The molecule has 5 heteroatoms. The Balaban J connectivity index is 2.37. The number of esters is 1. The zero-order valence-electron chi connectivity index (χ0n) is 10.5. The normalized spacial score (nSPS) is 11.9. The fourth-order valence-corrected chi connectivity index (χ4v) is 1.65. The van der Waals surface area contributed by atoms with E-state index in [9.17, 15) is 14.0 Å². The van der Waals surface area contributed by atoms with Gasteiger partial charge in [-0.05, 0) is 18.4 Å². The van der Waals surface area contributed by atoms with Crippen molar-refractivity contribution >= 4 is 23.4 Å². The first kappa shape index (κ1) is 15.6. The van der Waals surface area contributed by atoms with Gasteiger partial charge in [-0.2, -0.15) is 0 Å². The van der Waals surface area contributed by atoms with Gasteiger partial charge in [0.2, 0.25) is 0 Å². The van der Waals surface area contributed by atoms with Crippen molar-refractivity contribution in [2.24, 2.45) is 0 Å². The van der Waals surface area contributed by atoms with Crippen molar-refractivity contribution in [1.82, 2.24) is 0 Å². The molecular weight excluding hydrogens is 271 g/mol. The van der Waals surface area contributed by atoms with E-state index in [1.165, 1.54) is 0 Å². The van der Waals surface area contributed by atoms with Gasteiger partial charge in [0.05, 0.1) is 6.61 Å². The van der Waals surface area contributed by atoms with Crippen LogP contribution in [0.3, 0.4) is 0 Å². The summed E-state index contributed by atoms with van der Waals surface area (Å²) in [6, 6.07) is 8.71. The summed E-state index contributed by atoms with van der Waals surface area (Å²) in [6.07, 6.45) is -1.08. The molecule has 1 atom stereocenters. The van der Waals surface area contributed by atoms with Crippen molar-refractivity contribution < 1.29 is 18.7 Å². The molecule has 1 aromatic carbocycles. The van der Waals surface area contributed by atoms with E-state index >= 15 is 0 Å². The highest BCUT2D eigenvalue weighted by Crippen LogP contribution is 2.06. The van der Waals surface area contributed by atoms with E-state index in [2.05, 4.69) is 4.74 Å². The molecule has 0 saturated heterocycles. The van der Waals surface area contributed by atoms with Crippen molar-refractivity contribution in [2.45, 2.75) is 25.4 Å². The van der Waals surface area contributed by atoms with Gasteiger partial charge in [-0.1, -0.05) is 30.3 Å². The Morgan fingerprint density at radius 1 is 1.21 bits per heavy atom. The molecule has 0 amide bonds. The molecule has 0 bridgehead atoms. The lowest BCUT2D eigenvalue weighted by Gasteiger charge is -2.08. The number of ether oxygens (including phenoxy) is 1. The number of alkyl halides is 2. The molecule has 19 heavy (non-hydrogen) atoms. The van der Waals surface area contributed by atoms with E-state index in [1.807, 2.05) is 0 Å². The fourth-order valence-electron chi connectivity index (χ4n) is 1.46. The highest BCUT2D eigenvalue weighted by atomic mass is 35.5. The van der Waals surface area contributed by atoms with Crippen LogP contribution in [0.2, 0.25) is 0 Å². The minimum absolute atomic E-state index is 0.0879. The lowest BCUT2D eigenvalue weighted by Crippen LogP contribution is -2.29. The van der Waals surface area contributed by atoms with Gasteiger partial charge in [0.1, 0.15) is 0 Å². The molecule has 0 aliphatic rings. The van der Waals surface area contributed by atoms with Crippen LogP contribution in [-0.4, -0.2) is 30.4 Å². The Kier molecular flexibility index (Phi) is 7.11. The molecule has 0 fully saturated rings. The van der Waals surface area contributed by atoms with Gasteiger partial charge in [-0.3, -0.25) is 4.79 Å². The Hall–Kier alpha value is -1.42. The Bertz CT molecular complexity index is 408. The van der Waals surface area contributed by atoms with E-state index in [4.69, 9.17) is 11.6 Å². The third kappa shape index (κ3) is 5.83. The van der Waals surface area contributed by atoms with Crippen molar-refractivity contribution in [2.75, 3.05) is 12.5 Å². The lowest BCUT2D eigenvalue weighted by atomic mass is 10.1. The molecule has 3 nitrogen and oxygen atoms in total. The van der Waals surface area contributed by atoms with Gasteiger partial charge in [0.25, 0.3) is 6.17 Å². The van der Waals surface area contributed by atoms with Crippen LogP contribution in [0.4, 0.5) is 4.39 Å². The van der Waals surface area contributed by atoms with Crippen molar-refractivity contribution in [3.8, 4) is 0 Å². The number of hydrogen-bond acceptors (Lipinski definition) is 3. The Morgan fingerprint density at radius 2 is 1.89 bits per heavy atom. The average Bonchev–Trinajstić information content (AvgIpc) is 2.43. The molecule has 0 saturated carbocycles. The molecule has 0 aliphatic carbocycles. The second-order valence-corrected chi connectivity index (χ2v) is 4.43. The smallest absolute Gasteiger partial charge is 0.348 e. The molecule has 1 aromatic rings. The first-order valence-electron chi connectivity index (χ1n) is 6.08. The molecule has 0 heterocycles. The van der Waals surface area contributed by atoms with E-state index in [-0.39, 0.29) is 13.0 Å². The SMILES string of the molecule is O=C(Cc1ccccc1)C(F)C(=O)OCCCCCl. The summed E-state index contributed by atoms with van der Waals surface area (Å²) < 4.78 is 18.2. The zero-order chi connectivity index (χ0) is 14.1. The summed E-state index contributed by atoms with van der Waals surface area (Å²) in [5.74, 6) is -1.44. The highest BCUT2D eigenvalue weighted by Gasteiger charge is 2.27. The molecule has 1 unspecified atom stereocenters. The van der Waals surface area contributed by atoms with Crippen LogP contribution in [0.5, 0.6) is 0 Å². The number of Topliss-reactive ketones (excluding diaryl/α,β-unsaturated/α-hetero) is 1. The van der Waals surface area contributed by atoms with Crippen molar-refractivity contribution in [1.29, 1.82) is 0 Å². The summed E-state index contributed by atoms with van der Waals surface area (Å²) in [6.45, 7) is 0.0879. The fraction of sp³-hybridized carbons (Fsp3) is 0.429. The summed E-state index contributed by atoms with van der Waals surface area (Å²) in [5, 5.41) is 0. The zero-order valence-corrected chi connectivity index (χ0v) is 11.2. The quantitative estimate of drug-likeness (QED) is 0.319. The number of halogens is 2. The number of hydrogen-bond donors (Lipinski definition) is 0. The van der Waals surface area contributed by atoms with Crippen LogP contribution >= 0.6 is 11.6 Å². The standard InChI is InChI=1S/C14H16ClFO3/c15-8-4-5-9-19-14(18)13(16)12(17)10-11-6-2-1-3-7-11/h1-3,6-7,13H,4-5,8-10H2. The van der Waals surface area contributed by atoms with Crippen LogP contribution in [0.1, 0.15) is 18.4 Å². The second kappa shape index (κ2) is 8.64. The minimum Gasteiger partial charge on any atom is -0.463 e. The van der Waals surface area contributed by atoms with E-state index in [1.54, 1.807) is 30.3 Å². The first-order valence-corrected chi connectivity index (χ1v) is 6.62. The molecule has 104 valence electrons. The predicted octanol–water partition coefficient (Wildman–Crippen LogP) is 2.70. The van der Waals surface area contributed by atoms with E-state index < -0.39 is 17.9 Å². The summed E-state index contributed by atoms with van der Waals surface area (Å²) in [4.78, 5) is 22.8. The monoisotopic (exact) mass is 286 g/mol. The number of unbranched alkanes of at least 4 members (excludes halogenated alkanes) is 1. The van der Waals surface area contributed by atoms with Crippen LogP contribution in [0, 0.1) is 0 Å². The van der Waals surface area contributed by atoms with Crippen LogP contribution < -0.4 is 0 Å².